The lowest BCUT2D eigenvalue weighted by Gasteiger charge is -2.25. The van der Waals surface area contributed by atoms with Gasteiger partial charge in [-0.1, -0.05) is 37.3 Å². The van der Waals surface area contributed by atoms with E-state index in [4.69, 9.17) is 17.0 Å². The topological polar surface area (TPSA) is 69.9 Å². The van der Waals surface area contributed by atoms with Crippen LogP contribution in [0.2, 0.25) is 5.02 Å². The van der Waals surface area contributed by atoms with Crippen molar-refractivity contribution in [3.63, 3.8) is 0 Å². The molecule has 3 rings (SSSR count). The Morgan fingerprint density at radius 1 is 1.27 bits per heavy atom. The molecule has 7 heteroatoms. The largest absolute Gasteiger partial charge is 0.366 e. The number of carbonyl (C=O) groups is 1. The van der Waals surface area contributed by atoms with Gasteiger partial charge in [-0.2, -0.15) is 0 Å². The maximum absolute atomic E-state index is 14.2. The predicted octanol–water partition coefficient (Wildman–Crippen LogP) is 6.11. The molecule has 2 heterocycles. The van der Waals surface area contributed by atoms with Crippen molar-refractivity contribution < 1.29 is 9.18 Å². The Balaban J connectivity index is 1.96. The van der Waals surface area contributed by atoms with Crippen LogP contribution in [-0.4, -0.2) is 34.6 Å². The molecule has 33 heavy (non-hydrogen) atoms. The quantitative estimate of drug-likeness (QED) is 0.306. The number of nitrogens with zero attached hydrogens (tertiary/aromatic N) is 3. The predicted molar refractivity (Wildman–Crippen MR) is 134 cm³/mol. The minimum absolute atomic E-state index is 0.0667. The molecule has 0 saturated carbocycles. The summed E-state index contributed by atoms with van der Waals surface area (Å²) in [5.74, 6) is -0.551. The lowest BCUT2D eigenvalue weighted by Crippen LogP contribution is -2.31. The van der Waals surface area contributed by atoms with Crippen LogP contribution in [0.5, 0.6) is 0 Å². The molecule has 0 bridgehead atoms. The Hall–Kier alpha value is -3.38. The number of halogens is 2. The molecular formula is C26H26ClFN4O. The van der Waals surface area contributed by atoms with Gasteiger partial charge in [-0.15, -0.1) is 0 Å². The number of fused-ring (bicyclic) bond motifs is 1. The smallest absolute Gasteiger partial charge is 0.134 e. The van der Waals surface area contributed by atoms with E-state index in [1.807, 2.05) is 32.1 Å². The van der Waals surface area contributed by atoms with Crippen LogP contribution >= 0.6 is 11.6 Å². The molecule has 5 nitrogen and oxygen atoms in total. The second-order valence-corrected chi connectivity index (χ2v) is 8.33. The van der Waals surface area contributed by atoms with E-state index in [2.05, 4.69) is 21.4 Å². The number of allylic oxidation sites excluding steroid dienone is 2. The maximum atomic E-state index is 14.2. The van der Waals surface area contributed by atoms with Crippen LogP contribution in [0.4, 0.5) is 10.1 Å². The first-order valence-corrected chi connectivity index (χ1v) is 11.0. The van der Waals surface area contributed by atoms with E-state index in [-0.39, 0.29) is 28.5 Å². The number of hydrogen-bond acceptors (Lipinski definition) is 5. The summed E-state index contributed by atoms with van der Waals surface area (Å²) < 4.78 is 14.2. The number of Topliss-reactive ketones (excluding diaryl/α,β-unsaturated/α-hetero) is 1. The molecule has 0 spiro atoms. The summed E-state index contributed by atoms with van der Waals surface area (Å²) >= 11 is 5.98. The van der Waals surface area contributed by atoms with Crippen LogP contribution < -0.4 is 4.90 Å². The van der Waals surface area contributed by atoms with Crippen molar-refractivity contribution in [2.45, 2.75) is 20.8 Å². The lowest BCUT2D eigenvalue weighted by molar-refractivity contribution is -0.119. The Labute approximate surface area is 198 Å². The number of nitrogens with one attached hydrogen (secondary N) is 1. The zero-order valence-corrected chi connectivity index (χ0v) is 19.7. The number of carbonyl (C=O) groups excluding carboxylic acids is 1. The van der Waals surface area contributed by atoms with Gasteiger partial charge in [0.2, 0.25) is 0 Å². The number of rotatable bonds is 9. The number of hydrogen-bond donors (Lipinski definition) is 1. The van der Waals surface area contributed by atoms with Crippen LogP contribution in [0.25, 0.3) is 16.6 Å². The number of anilines is 1. The summed E-state index contributed by atoms with van der Waals surface area (Å²) in [7, 11) is 0. The summed E-state index contributed by atoms with van der Waals surface area (Å²) in [4.78, 5) is 23.0. The van der Waals surface area contributed by atoms with Crippen molar-refractivity contribution in [1.29, 1.82) is 5.41 Å². The summed E-state index contributed by atoms with van der Waals surface area (Å²) in [5, 5.41) is 8.76. The number of benzene rings is 1. The molecule has 0 radical (unpaired) electrons. The van der Waals surface area contributed by atoms with Crippen molar-refractivity contribution in [2.75, 3.05) is 18.0 Å². The third-order valence-corrected chi connectivity index (χ3v) is 5.68. The van der Waals surface area contributed by atoms with Gasteiger partial charge in [-0.3, -0.25) is 15.2 Å². The van der Waals surface area contributed by atoms with Crippen LogP contribution in [0.1, 0.15) is 32.0 Å². The molecule has 0 aliphatic rings. The maximum Gasteiger partial charge on any atom is 0.134 e. The average Bonchev–Trinajstić information content (AvgIpc) is 2.81. The standard InChI is InChI=1S/C26H26ClFN4O/c1-5-6-11-32(15-16(2)18(4)33)20-13-25-24(30-14-20)10-9-23(31-25)17(3)26(29)21-12-19(27)7-8-22(21)28/h5-10,12-14,16,29H,3,11,15H2,1-2,4H3/b6-5-,29-26?. The van der Waals surface area contributed by atoms with Gasteiger partial charge in [0.15, 0.2) is 0 Å². The van der Waals surface area contributed by atoms with Gasteiger partial charge in [0.1, 0.15) is 11.6 Å². The fraction of sp³-hybridized carbons (Fsp3) is 0.231. The van der Waals surface area contributed by atoms with Gasteiger partial charge in [-0.25, -0.2) is 9.37 Å². The van der Waals surface area contributed by atoms with Crippen LogP contribution in [0.15, 0.2) is 61.3 Å². The number of ketones is 1. The average molecular weight is 465 g/mol. The molecule has 0 aliphatic carbocycles. The van der Waals surface area contributed by atoms with Gasteiger partial charge in [0.05, 0.1) is 34.3 Å². The normalized spacial score (nSPS) is 12.2. The minimum atomic E-state index is -0.547. The molecule has 1 unspecified atom stereocenters. The van der Waals surface area contributed by atoms with E-state index in [0.717, 1.165) is 5.69 Å². The molecular weight excluding hydrogens is 439 g/mol. The first-order chi connectivity index (χ1) is 15.7. The van der Waals surface area contributed by atoms with E-state index in [9.17, 15) is 9.18 Å². The van der Waals surface area contributed by atoms with E-state index in [1.165, 1.54) is 18.2 Å². The highest BCUT2D eigenvalue weighted by atomic mass is 35.5. The van der Waals surface area contributed by atoms with E-state index in [1.54, 1.807) is 25.3 Å². The third kappa shape index (κ3) is 5.71. The van der Waals surface area contributed by atoms with Crippen LogP contribution in [0.3, 0.4) is 0 Å². The first-order valence-electron chi connectivity index (χ1n) is 10.6. The molecule has 0 aliphatic heterocycles. The van der Waals surface area contributed by atoms with Crippen molar-refractivity contribution in [1.82, 2.24) is 9.97 Å². The zero-order valence-electron chi connectivity index (χ0n) is 18.9. The van der Waals surface area contributed by atoms with Crippen molar-refractivity contribution in [2.24, 2.45) is 5.92 Å². The summed E-state index contributed by atoms with van der Waals surface area (Å²) in [5.41, 5.74) is 2.84. The van der Waals surface area contributed by atoms with E-state index < -0.39 is 5.82 Å². The molecule has 0 amide bonds. The molecule has 3 aromatic rings. The first kappa shape index (κ1) is 24.3. The van der Waals surface area contributed by atoms with Crippen LogP contribution in [0, 0.1) is 17.1 Å². The highest BCUT2D eigenvalue weighted by molar-refractivity contribution is 6.33. The highest BCUT2D eigenvalue weighted by Crippen LogP contribution is 2.25. The fourth-order valence-corrected chi connectivity index (χ4v) is 3.47. The summed E-state index contributed by atoms with van der Waals surface area (Å²) in [6.07, 6.45) is 5.74. The van der Waals surface area contributed by atoms with Crippen molar-refractivity contribution in [3.05, 3.63) is 83.4 Å². The van der Waals surface area contributed by atoms with Gasteiger partial charge in [0, 0.05) is 35.2 Å². The Kier molecular flexibility index (Phi) is 7.71. The monoisotopic (exact) mass is 464 g/mol. The Morgan fingerprint density at radius 3 is 2.73 bits per heavy atom. The van der Waals surface area contributed by atoms with Crippen LogP contribution in [-0.2, 0) is 4.79 Å². The van der Waals surface area contributed by atoms with Gasteiger partial charge >= 0.3 is 0 Å². The SMILES string of the molecule is C=C(C(=N)c1cc(Cl)ccc1F)c1ccc2ncc(N(C/C=C\C)CC(C)C(C)=O)cc2n1. The molecule has 0 saturated heterocycles. The molecule has 1 aromatic carbocycles. The third-order valence-electron chi connectivity index (χ3n) is 5.45. The number of aromatic nitrogens is 2. The fourth-order valence-electron chi connectivity index (χ4n) is 3.29. The highest BCUT2D eigenvalue weighted by Gasteiger charge is 2.17. The summed E-state index contributed by atoms with van der Waals surface area (Å²) in [6.45, 7) is 10.6. The van der Waals surface area contributed by atoms with Gasteiger partial charge < -0.3 is 4.90 Å². The van der Waals surface area contributed by atoms with Gasteiger partial charge in [-0.05, 0) is 50.2 Å². The van der Waals surface area contributed by atoms with Crippen molar-refractivity contribution >= 4 is 45.4 Å². The number of pyridine rings is 2. The van der Waals surface area contributed by atoms with E-state index >= 15 is 0 Å². The van der Waals surface area contributed by atoms with E-state index in [0.29, 0.717) is 34.8 Å². The molecule has 1 atom stereocenters. The molecule has 2 aromatic heterocycles. The second kappa shape index (κ2) is 10.5. The minimum Gasteiger partial charge on any atom is -0.366 e. The molecule has 170 valence electrons. The second-order valence-electron chi connectivity index (χ2n) is 7.89. The lowest BCUT2D eigenvalue weighted by atomic mass is 10.00. The van der Waals surface area contributed by atoms with Crippen molar-refractivity contribution in [3.8, 4) is 0 Å². The Bertz CT molecular complexity index is 1250. The molecule has 0 fully saturated rings. The molecule has 1 N–H and O–H groups in total. The Morgan fingerprint density at radius 2 is 2.03 bits per heavy atom. The summed E-state index contributed by atoms with van der Waals surface area (Å²) in [6, 6.07) is 9.47. The zero-order chi connectivity index (χ0) is 24.1. The van der Waals surface area contributed by atoms with Gasteiger partial charge in [0.25, 0.3) is 0 Å².